The summed E-state index contributed by atoms with van der Waals surface area (Å²) in [4.78, 5) is 23.3. The molecule has 0 heterocycles. The predicted octanol–water partition coefficient (Wildman–Crippen LogP) is 6.15. The van der Waals surface area contributed by atoms with Gasteiger partial charge in [-0.05, 0) is 73.9 Å². The average Bonchev–Trinajstić information content (AvgIpc) is 2.80. The van der Waals surface area contributed by atoms with Crippen molar-refractivity contribution >= 4 is 11.9 Å². The van der Waals surface area contributed by atoms with Crippen LogP contribution in [0.25, 0.3) is 0 Å². The van der Waals surface area contributed by atoms with Gasteiger partial charge in [0.15, 0.2) is 0 Å². The number of hydrogen-bond acceptors (Lipinski definition) is 4. The molecule has 0 saturated heterocycles. The summed E-state index contributed by atoms with van der Waals surface area (Å²) in [5.41, 5.74) is 2.65. The summed E-state index contributed by atoms with van der Waals surface area (Å²) in [7, 11) is 0. The maximum Gasteiger partial charge on any atom is 0.338 e. The van der Waals surface area contributed by atoms with Gasteiger partial charge in [0.25, 0.3) is 0 Å². The second-order valence-electron chi connectivity index (χ2n) is 8.28. The maximum atomic E-state index is 11.8. The summed E-state index contributed by atoms with van der Waals surface area (Å²) >= 11 is 0. The van der Waals surface area contributed by atoms with Gasteiger partial charge in [-0.2, -0.15) is 0 Å². The van der Waals surface area contributed by atoms with Crippen molar-refractivity contribution in [1.82, 2.24) is 0 Å². The van der Waals surface area contributed by atoms with Gasteiger partial charge < -0.3 is 9.47 Å². The number of ether oxygens (including phenoxy) is 2. The Morgan fingerprint density at radius 2 is 1.45 bits per heavy atom. The van der Waals surface area contributed by atoms with E-state index in [1.54, 1.807) is 6.92 Å². The smallest absolute Gasteiger partial charge is 0.338 e. The summed E-state index contributed by atoms with van der Waals surface area (Å²) < 4.78 is 10.6. The fourth-order valence-electron chi connectivity index (χ4n) is 4.36. The first-order valence-electron chi connectivity index (χ1n) is 10.8. The Balaban J connectivity index is 1.91. The van der Waals surface area contributed by atoms with E-state index < -0.39 is 11.9 Å². The predicted molar refractivity (Wildman–Crippen MR) is 122 cm³/mol. The van der Waals surface area contributed by atoms with Crippen molar-refractivity contribution in [3.8, 4) is 11.5 Å². The van der Waals surface area contributed by atoms with Crippen LogP contribution in [-0.2, 0) is 15.0 Å². The molecule has 1 saturated carbocycles. The molecule has 1 aliphatic carbocycles. The number of rotatable bonds is 7. The van der Waals surface area contributed by atoms with Gasteiger partial charge in [0.1, 0.15) is 11.5 Å². The quantitative estimate of drug-likeness (QED) is 0.308. The minimum Gasteiger partial charge on any atom is -0.423 e. The highest BCUT2D eigenvalue weighted by Crippen LogP contribution is 2.47. The Hall–Kier alpha value is -3.14. The second-order valence-corrected chi connectivity index (χ2v) is 8.28. The van der Waals surface area contributed by atoms with Crippen LogP contribution in [0.3, 0.4) is 0 Å². The highest BCUT2D eigenvalue weighted by Gasteiger charge is 2.38. The molecule has 3 rings (SSSR count). The molecule has 0 aliphatic heterocycles. The monoisotopic (exact) mass is 418 g/mol. The largest absolute Gasteiger partial charge is 0.423 e. The van der Waals surface area contributed by atoms with E-state index in [1.165, 1.54) is 17.5 Å². The van der Waals surface area contributed by atoms with E-state index in [1.807, 2.05) is 36.4 Å². The Morgan fingerprint density at radius 1 is 0.968 bits per heavy atom. The Bertz CT molecular complexity index is 946. The number of benzene rings is 2. The lowest BCUT2D eigenvalue weighted by molar-refractivity contribution is -0.130. The number of esters is 2. The lowest BCUT2D eigenvalue weighted by atomic mass is 9.63. The highest BCUT2D eigenvalue weighted by molar-refractivity contribution is 5.88. The van der Waals surface area contributed by atoms with Crippen LogP contribution in [0.15, 0.2) is 73.3 Å². The molecule has 0 unspecified atom stereocenters. The van der Waals surface area contributed by atoms with Crippen LogP contribution in [0.2, 0.25) is 0 Å². The molecule has 1 fully saturated rings. The summed E-state index contributed by atoms with van der Waals surface area (Å²) in [6.45, 7) is 11.0. The van der Waals surface area contributed by atoms with Crippen molar-refractivity contribution < 1.29 is 19.1 Å². The molecule has 31 heavy (non-hydrogen) atoms. The third-order valence-electron chi connectivity index (χ3n) is 6.29. The van der Waals surface area contributed by atoms with Crippen molar-refractivity contribution in [3.05, 3.63) is 84.5 Å². The molecule has 0 spiro atoms. The van der Waals surface area contributed by atoms with Gasteiger partial charge >= 0.3 is 11.9 Å². The molecule has 4 nitrogen and oxygen atoms in total. The molecular weight excluding hydrogens is 388 g/mol. The molecule has 0 radical (unpaired) electrons. The van der Waals surface area contributed by atoms with Crippen LogP contribution in [0.5, 0.6) is 11.5 Å². The van der Waals surface area contributed by atoms with Crippen molar-refractivity contribution in [2.45, 2.75) is 51.4 Å². The van der Waals surface area contributed by atoms with Crippen LogP contribution in [0.1, 0.15) is 57.1 Å². The Labute approximate surface area is 184 Å². The number of hydrogen-bond donors (Lipinski definition) is 0. The van der Waals surface area contributed by atoms with Gasteiger partial charge in [0.05, 0.1) is 0 Å². The number of carbonyl (C=O) groups is 2. The second kappa shape index (κ2) is 9.78. The van der Waals surface area contributed by atoms with Gasteiger partial charge in [0, 0.05) is 17.1 Å². The topological polar surface area (TPSA) is 52.6 Å². The molecule has 2 aromatic carbocycles. The molecular formula is C27H30O4. The van der Waals surface area contributed by atoms with Crippen molar-refractivity contribution in [2.24, 2.45) is 5.92 Å². The lowest BCUT2D eigenvalue weighted by Gasteiger charge is -2.41. The van der Waals surface area contributed by atoms with E-state index in [9.17, 15) is 9.59 Å². The van der Waals surface area contributed by atoms with Crippen molar-refractivity contribution in [3.63, 3.8) is 0 Å². The Kier molecular flexibility index (Phi) is 7.11. The summed E-state index contributed by atoms with van der Waals surface area (Å²) in [6, 6.07) is 15.6. The summed E-state index contributed by atoms with van der Waals surface area (Å²) in [5.74, 6) is 0.882. The SMILES string of the molecule is C=CC(=O)Oc1ccc(C2(c3ccc(OC(=O)C(=C)C)cc3)CCC(CC)CC2)cc1. The van der Waals surface area contributed by atoms with E-state index in [4.69, 9.17) is 9.47 Å². The zero-order valence-corrected chi connectivity index (χ0v) is 18.4. The van der Waals surface area contributed by atoms with Crippen LogP contribution >= 0.6 is 0 Å². The third-order valence-corrected chi connectivity index (χ3v) is 6.29. The van der Waals surface area contributed by atoms with E-state index >= 15 is 0 Å². The standard InChI is InChI=1S/C27H30O4/c1-5-20-15-17-27(18-16-20,21-7-11-23(12-8-21)30-25(28)6-2)22-9-13-24(14-10-22)31-26(29)19(3)4/h6-14,20H,2-3,5,15-18H2,1,4H3. The molecule has 2 aromatic rings. The molecule has 1 aliphatic rings. The molecule has 4 heteroatoms. The molecule has 0 amide bonds. The minimum atomic E-state index is -0.467. The van der Waals surface area contributed by atoms with Gasteiger partial charge in [-0.3, -0.25) is 0 Å². The first-order chi connectivity index (χ1) is 14.9. The lowest BCUT2D eigenvalue weighted by Crippen LogP contribution is -2.33. The molecule has 162 valence electrons. The average molecular weight is 419 g/mol. The van der Waals surface area contributed by atoms with Gasteiger partial charge in [0.2, 0.25) is 0 Å². The zero-order valence-electron chi connectivity index (χ0n) is 18.4. The molecule has 0 bridgehead atoms. The van der Waals surface area contributed by atoms with Crippen molar-refractivity contribution in [2.75, 3.05) is 0 Å². The first kappa shape index (κ1) is 22.5. The van der Waals surface area contributed by atoms with Gasteiger partial charge in [-0.15, -0.1) is 0 Å². The van der Waals surface area contributed by atoms with Gasteiger partial charge in [-0.25, -0.2) is 9.59 Å². The van der Waals surface area contributed by atoms with E-state index in [-0.39, 0.29) is 5.41 Å². The Morgan fingerprint density at radius 3 is 1.87 bits per heavy atom. The van der Waals surface area contributed by atoms with E-state index in [0.29, 0.717) is 17.1 Å². The summed E-state index contributed by atoms with van der Waals surface area (Å²) in [5, 5.41) is 0. The fraction of sp³-hybridized carbons (Fsp3) is 0.333. The third kappa shape index (κ3) is 5.13. The maximum absolute atomic E-state index is 11.8. The van der Waals surface area contributed by atoms with Crippen LogP contribution < -0.4 is 9.47 Å². The zero-order chi connectivity index (χ0) is 22.4. The van der Waals surface area contributed by atoms with Crippen LogP contribution in [0, 0.1) is 5.92 Å². The fourth-order valence-corrected chi connectivity index (χ4v) is 4.36. The van der Waals surface area contributed by atoms with E-state index in [2.05, 4.69) is 32.2 Å². The molecule has 0 atom stereocenters. The van der Waals surface area contributed by atoms with Crippen LogP contribution in [-0.4, -0.2) is 11.9 Å². The normalized spacial score (nSPS) is 20.5. The summed E-state index contributed by atoms with van der Waals surface area (Å²) in [6.07, 6.45) is 6.77. The molecule has 0 aromatic heterocycles. The highest BCUT2D eigenvalue weighted by atomic mass is 16.5. The van der Waals surface area contributed by atoms with E-state index in [0.717, 1.165) is 37.7 Å². The van der Waals surface area contributed by atoms with Crippen molar-refractivity contribution in [1.29, 1.82) is 0 Å². The van der Waals surface area contributed by atoms with Gasteiger partial charge in [-0.1, -0.05) is 50.8 Å². The van der Waals surface area contributed by atoms with Crippen LogP contribution in [0.4, 0.5) is 0 Å². The molecule has 0 N–H and O–H groups in total. The minimum absolute atomic E-state index is 0.121. The number of carbonyl (C=O) groups excluding carboxylic acids is 2. The first-order valence-corrected chi connectivity index (χ1v) is 10.8.